The van der Waals surface area contributed by atoms with Crippen molar-refractivity contribution in [3.05, 3.63) is 65.7 Å². The van der Waals surface area contributed by atoms with Crippen molar-refractivity contribution in [3.8, 4) is 0 Å². The number of nitrogens with one attached hydrogen (secondary N) is 1. The molecule has 0 aromatic heterocycles. The number of aromatic carboxylic acids is 1. The van der Waals surface area contributed by atoms with Gasteiger partial charge < -0.3 is 16.2 Å². The van der Waals surface area contributed by atoms with Gasteiger partial charge in [0.15, 0.2) is 0 Å². The SMILES string of the molecule is Nc1ccc(CC2CCCCCN2)cc1.O=C(O)c1ccccc1. The van der Waals surface area contributed by atoms with Crippen LogP contribution in [-0.2, 0) is 6.42 Å². The molecule has 3 rings (SSSR count). The van der Waals surface area contributed by atoms with E-state index in [1.807, 2.05) is 12.1 Å². The zero-order valence-electron chi connectivity index (χ0n) is 13.9. The van der Waals surface area contributed by atoms with Crippen LogP contribution in [0.3, 0.4) is 0 Å². The molecule has 24 heavy (non-hydrogen) atoms. The predicted octanol–water partition coefficient (Wildman–Crippen LogP) is 3.73. The van der Waals surface area contributed by atoms with Crippen LogP contribution < -0.4 is 11.1 Å². The molecule has 128 valence electrons. The van der Waals surface area contributed by atoms with E-state index in [1.54, 1.807) is 30.3 Å². The average Bonchev–Trinajstić information content (AvgIpc) is 2.87. The molecule has 2 aromatic rings. The highest BCUT2D eigenvalue weighted by Gasteiger charge is 2.11. The summed E-state index contributed by atoms with van der Waals surface area (Å²) < 4.78 is 0. The molecule has 4 nitrogen and oxygen atoms in total. The number of benzene rings is 2. The number of hydrogen-bond acceptors (Lipinski definition) is 3. The van der Waals surface area contributed by atoms with Gasteiger partial charge in [-0.1, -0.05) is 43.2 Å². The fraction of sp³-hybridized carbons (Fsp3) is 0.350. The van der Waals surface area contributed by atoms with E-state index in [-0.39, 0.29) is 0 Å². The molecular formula is C20H26N2O2. The van der Waals surface area contributed by atoms with Crippen molar-refractivity contribution in [2.75, 3.05) is 12.3 Å². The number of carboxylic acid groups (broad SMARTS) is 1. The van der Waals surface area contributed by atoms with Gasteiger partial charge in [0.2, 0.25) is 0 Å². The van der Waals surface area contributed by atoms with Gasteiger partial charge in [-0.2, -0.15) is 0 Å². The molecule has 0 radical (unpaired) electrons. The van der Waals surface area contributed by atoms with Gasteiger partial charge >= 0.3 is 5.97 Å². The largest absolute Gasteiger partial charge is 0.478 e. The molecule has 0 amide bonds. The van der Waals surface area contributed by atoms with Crippen LogP contribution in [0.1, 0.15) is 41.6 Å². The Bertz CT molecular complexity index is 603. The van der Waals surface area contributed by atoms with Crippen LogP contribution in [0.5, 0.6) is 0 Å². The summed E-state index contributed by atoms with van der Waals surface area (Å²) in [5.74, 6) is -0.879. The zero-order chi connectivity index (χ0) is 17.2. The lowest BCUT2D eigenvalue weighted by atomic mass is 10.0. The van der Waals surface area contributed by atoms with Crippen molar-refractivity contribution in [2.24, 2.45) is 0 Å². The van der Waals surface area contributed by atoms with Crippen LogP contribution in [0.25, 0.3) is 0 Å². The zero-order valence-corrected chi connectivity index (χ0v) is 13.9. The van der Waals surface area contributed by atoms with Gasteiger partial charge in [0.1, 0.15) is 0 Å². The van der Waals surface area contributed by atoms with Crippen LogP contribution in [0.2, 0.25) is 0 Å². The number of hydrogen-bond donors (Lipinski definition) is 3. The van der Waals surface area contributed by atoms with Gasteiger partial charge in [-0.05, 0) is 55.6 Å². The molecule has 1 fully saturated rings. The molecule has 2 aromatic carbocycles. The highest BCUT2D eigenvalue weighted by atomic mass is 16.4. The van der Waals surface area contributed by atoms with Crippen molar-refractivity contribution in [2.45, 2.75) is 38.1 Å². The minimum Gasteiger partial charge on any atom is -0.478 e. The van der Waals surface area contributed by atoms with E-state index in [9.17, 15) is 4.79 Å². The lowest BCUT2D eigenvalue weighted by molar-refractivity contribution is 0.0697. The van der Waals surface area contributed by atoms with Gasteiger partial charge in [-0.3, -0.25) is 0 Å². The summed E-state index contributed by atoms with van der Waals surface area (Å²) in [4.78, 5) is 10.2. The van der Waals surface area contributed by atoms with E-state index in [4.69, 9.17) is 10.8 Å². The highest BCUT2D eigenvalue weighted by Crippen LogP contribution is 2.14. The first-order chi connectivity index (χ1) is 11.6. The smallest absolute Gasteiger partial charge is 0.335 e. The van der Waals surface area contributed by atoms with Crippen molar-refractivity contribution in [3.63, 3.8) is 0 Å². The van der Waals surface area contributed by atoms with Crippen molar-refractivity contribution in [1.82, 2.24) is 5.32 Å². The normalized spacial score (nSPS) is 17.2. The maximum atomic E-state index is 10.2. The minimum absolute atomic E-state index is 0.331. The van der Waals surface area contributed by atoms with Crippen LogP contribution >= 0.6 is 0 Å². The molecule has 1 saturated heterocycles. The second kappa shape index (κ2) is 9.73. The Morgan fingerprint density at radius 2 is 1.75 bits per heavy atom. The lowest BCUT2D eigenvalue weighted by Gasteiger charge is -2.15. The number of carbonyl (C=O) groups is 1. The molecule has 0 saturated carbocycles. The average molecular weight is 326 g/mol. The molecule has 1 heterocycles. The second-order valence-electron chi connectivity index (χ2n) is 6.12. The molecular weight excluding hydrogens is 300 g/mol. The van der Waals surface area contributed by atoms with E-state index < -0.39 is 5.97 Å². The summed E-state index contributed by atoms with van der Waals surface area (Å²) in [6.07, 6.45) is 6.53. The van der Waals surface area contributed by atoms with Crippen LogP contribution in [0.4, 0.5) is 5.69 Å². The number of nitrogen functional groups attached to an aromatic ring is 1. The third-order valence-electron chi connectivity index (χ3n) is 4.14. The monoisotopic (exact) mass is 326 g/mol. The van der Waals surface area contributed by atoms with E-state index in [0.717, 1.165) is 12.1 Å². The summed E-state index contributed by atoms with van der Waals surface area (Å²) in [6.45, 7) is 1.18. The molecule has 0 bridgehead atoms. The number of carboxylic acids is 1. The maximum absolute atomic E-state index is 10.2. The first-order valence-corrected chi connectivity index (χ1v) is 8.51. The Labute approximate surface area is 143 Å². The van der Waals surface area contributed by atoms with Crippen molar-refractivity contribution < 1.29 is 9.90 Å². The van der Waals surface area contributed by atoms with Gasteiger partial charge in [0.25, 0.3) is 0 Å². The van der Waals surface area contributed by atoms with Gasteiger partial charge in [-0.25, -0.2) is 4.79 Å². The summed E-state index contributed by atoms with van der Waals surface area (Å²) in [6, 6.07) is 17.2. The van der Waals surface area contributed by atoms with Crippen molar-refractivity contribution in [1.29, 1.82) is 0 Å². The Morgan fingerprint density at radius 3 is 2.38 bits per heavy atom. The Hall–Kier alpha value is -2.33. The van der Waals surface area contributed by atoms with Crippen LogP contribution in [0, 0.1) is 0 Å². The van der Waals surface area contributed by atoms with Gasteiger partial charge in [0, 0.05) is 11.7 Å². The minimum atomic E-state index is -0.879. The molecule has 1 atom stereocenters. The molecule has 4 heteroatoms. The quantitative estimate of drug-likeness (QED) is 0.751. The molecule has 4 N–H and O–H groups in total. The third kappa shape index (κ3) is 6.42. The van der Waals surface area contributed by atoms with E-state index in [0.29, 0.717) is 11.6 Å². The lowest BCUT2D eigenvalue weighted by Crippen LogP contribution is -2.30. The van der Waals surface area contributed by atoms with E-state index in [1.165, 1.54) is 37.8 Å². The summed E-state index contributed by atoms with van der Waals surface area (Å²) >= 11 is 0. The number of anilines is 1. The molecule has 1 aliphatic rings. The topological polar surface area (TPSA) is 75.3 Å². The standard InChI is InChI=1S/C13H20N2.C7H6O2/c14-12-7-5-11(6-8-12)10-13-4-2-1-3-9-15-13;8-7(9)6-4-2-1-3-5-6/h5-8,13,15H,1-4,9-10,14H2;1-5H,(H,8,9). The summed E-state index contributed by atoms with van der Waals surface area (Å²) in [5.41, 5.74) is 8.25. The molecule has 0 aliphatic carbocycles. The Balaban J connectivity index is 0.000000198. The third-order valence-corrected chi connectivity index (χ3v) is 4.14. The van der Waals surface area contributed by atoms with Crippen molar-refractivity contribution >= 4 is 11.7 Å². The van der Waals surface area contributed by atoms with Gasteiger partial charge in [-0.15, -0.1) is 0 Å². The number of rotatable bonds is 3. The number of nitrogens with two attached hydrogens (primary N) is 1. The highest BCUT2D eigenvalue weighted by molar-refractivity contribution is 5.87. The van der Waals surface area contributed by atoms with Crippen LogP contribution in [-0.4, -0.2) is 23.7 Å². The maximum Gasteiger partial charge on any atom is 0.335 e. The molecule has 1 aliphatic heterocycles. The van der Waals surface area contributed by atoms with Gasteiger partial charge in [0.05, 0.1) is 5.56 Å². The Morgan fingerprint density at radius 1 is 1.04 bits per heavy atom. The predicted molar refractivity (Wildman–Crippen MR) is 98.2 cm³/mol. The summed E-state index contributed by atoms with van der Waals surface area (Å²) in [7, 11) is 0. The Kier molecular flexibility index (Phi) is 7.30. The van der Waals surface area contributed by atoms with E-state index in [2.05, 4.69) is 17.4 Å². The van der Waals surface area contributed by atoms with E-state index >= 15 is 0 Å². The fourth-order valence-corrected chi connectivity index (χ4v) is 2.79. The second-order valence-corrected chi connectivity index (χ2v) is 6.12. The molecule has 0 spiro atoms. The fourth-order valence-electron chi connectivity index (χ4n) is 2.79. The molecule has 1 unspecified atom stereocenters. The first-order valence-electron chi connectivity index (χ1n) is 8.51. The van der Waals surface area contributed by atoms with Crippen LogP contribution in [0.15, 0.2) is 54.6 Å². The summed E-state index contributed by atoms with van der Waals surface area (Å²) in [5, 5.41) is 12.0. The first kappa shape index (κ1) is 18.0.